The maximum Gasteiger partial charge on any atom is 0.245 e. The van der Waals surface area contributed by atoms with Gasteiger partial charge in [-0.25, -0.2) is 8.78 Å². The van der Waals surface area contributed by atoms with Crippen molar-refractivity contribution in [3.05, 3.63) is 0 Å². The van der Waals surface area contributed by atoms with Gasteiger partial charge in [-0.05, 0) is 12.8 Å². The van der Waals surface area contributed by atoms with Crippen molar-refractivity contribution in [2.45, 2.75) is 25.7 Å². The molecule has 1 saturated carbocycles. The van der Waals surface area contributed by atoms with Gasteiger partial charge < -0.3 is 0 Å². The van der Waals surface area contributed by atoms with Gasteiger partial charge in [-0.3, -0.25) is 0 Å². The van der Waals surface area contributed by atoms with E-state index in [-0.39, 0.29) is 6.42 Å². The van der Waals surface area contributed by atoms with E-state index in [0.717, 1.165) is 0 Å². The largest absolute Gasteiger partial charge is 0.245 e. The molecule has 0 aromatic rings. The van der Waals surface area contributed by atoms with Crippen LogP contribution in [0.15, 0.2) is 0 Å². The molecule has 50 valence electrons. The minimum absolute atomic E-state index is 0.0185. The van der Waals surface area contributed by atoms with Crippen LogP contribution in [-0.2, 0) is 0 Å². The third kappa shape index (κ3) is 1.02. The topological polar surface area (TPSA) is 23.8 Å². The van der Waals surface area contributed by atoms with Crippen LogP contribution in [0, 0.1) is 16.7 Å². The number of hydrogen-bond donors (Lipinski definition) is 0. The van der Waals surface area contributed by atoms with Crippen molar-refractivity contribution in [3.8, 4) is 6.07 Å². The highest BCUT2D eigenvalue weighted by molar-refractivity contribution is 5.00. The van der Waals surface area contributed by atoms with E-state index in [1.54, 1.807) is 6.07 Å². The number of halogens is 2. The quantitative estimate of drug-likeness (QED) is 0.561. The Kier molecular flexibility index (Phi) is 1.40. The molecular formula is C6H7F2N. The van der Waals surface area contributed by atoms with Gasteiger partial charge in [0.15, 0.2) is 0 Å². The minimum atomic E-state index is -2.29. The normalized spacial score (nSPS) is 21.6. The first kappa shape index (κ1) is 6.47. The van der Waals surface area contributed by atoms with E-state index in [9.17, 15) is 8.78 Å². The molecule has 0 radical (unpaired) electrons. The van der Waals surface area contributed by atoms with Crippen LogP contribution >= 0.6 is 0 Å². The Hall–Kier alpha value is -0.650. The molecule has 1 rings (SSSR count). The first-order chi connectivity index (χ1) is 4.21. The molecule has 1 aliphatic carbocycles. The van der Waals surface area contributed by atoms with Gasteiger partial charge in [0.25, 0.3) is 0 Å². The summed E-state index contributed by atoms with van der Waals surface area (Å²) in [5.41, 5.74) is -0.894. The molecule has 0 atom stereocenters. The van der Waals surface area contributed by atoms with Crippen LogP contribution in [0.3, 0.4) is 0 Å². The summed E-state index contributed by atoms with van der Waals surface area (Å²) < 4.78 is 23.8. The molecule has 0 spiro atoms. The van der Waals surface area contributed by atoms with Crippen LogP contribution in [0.5, 0.6) is 0 Å². The fourth-order valence-corrected chi connectivity index (χ4v) is 0.790. The Morgan fingerprint density at radius 1 is 1.56 bits per heavy atom. The van der Waals surface area contributed by atoms with Gasteiger partial charge in [-0.2, -0.15) is 5.26 Å². The van der Waals surface area contributed by atoms with Crippen LogP contribution in [-0.4, -0.2) is 6.43 Å². The number of hydrogen-bond acceptors (Lipinski definition) is 1. The molecule has 1 nitrogen and oxygen atoms in total. The molecule has 0 N–H and O–H groups in total. The summed E-state index contributed by atoms with van der Waals surface area (Å²) in [6.07, 6.45) is -1.22. The molecular weight excluding hydrogens is 124 g/mol. The van der Waals surface area contributed by atoms with Crippen molar-refractivity contribution in [3.63, 3.8) is 0 Å². The lowest BCUT2D eigenvalue weighted by molar-refractivity contribution is 0.0641. The Bertz CT molecular complexity index is 144. The fourth-order valence-electron chi connectivity index (χ4n) is 0.790. The van der Waals surface area contributed by atoms with Crippen molar-refractivity contribution >= 4 is 0 Å². The van der Waals surface area contributed by atoms with Crippen molar-refractivity contribution in [2.75, 3.05) is 0 Å². The van der Waals surface area contributed by atoms with Gasteiger partial charge in [-0.15, -0.1) is 0 Å². The second-order valence-electron chi connectivity index (χ2n) is 2.50. The zero-order chi connectivity index (χ0) is 6.91. The second-order valence-corrected chi connectivity index (χ2v) is 2.50. The lowest BCUT2D eigenvalue weighted by Crippen LogP contribution is -2.10. The lowest BCUT2D eigenvalue weighted by atomic mass is 10.1. The van der Waals surface area contributed by atoms with Crippen LogP contribution < -0.4 is 0 Å². The summed E-state index contributed by atoms with van der Waals surface area (Å²) in [4.78, 5) is 0. The number of nitriles is 1. The predicted octanol–water partition coefficient (Wildman–Crippen LogP) is 1.95. The first-order valence-electron chi connectivity index (χ1n) is 2.86. The molecule has 9 heavy (non-hydrogen) atoms. The smallest absolute Gasteiger partial charge is 0.210 e. The van der Waals surface area contributed by atoms with Gasteiger partial charge in [0.1, 0.15) is 0 Å². The molecule has 0 aliphatic heterocycles. The van der Waals surface area contributed by atoms with Crippen LogP contribution in [0.4, 0.5) is 8.78 Å². The third-order valence-corrected chi connectivity index (χ3v) is 1.79. The Balaban J connectivity index is 2.45. The fraction of sp³-hybridized carbons (Fsp3) is 0.833. The van der Waals surface area contributed by atoms with Crippen LogP contribution in [0.25, 0.3) is 0 Å². The standard InChI is InChI=1S/C6H7F2N/c7-5(8)6(1-2-6)3-4-9/h5H,1-3H2. The van der Waals surface area contributed by atoms with Crippen LogP contribution in [0.1, 0.15) is 19.3 Å². The molecule has 0 heterocycles. The molecule has 0 unspecified atom stereocenters. The first-order valence-corrected chi connectivity index (χ1v) is 2.86. The molecule has 0 amide bonds. The number of nitrogens with zero attached hydrogens (tertiary/aromatic N) is 1. The van der Waals surface area contributed by atoms with Crippen molar-refractivity contribution in [2.24, 2.45) is 5.41 Å². The number of rotatable bonds is 2. The molecule has 3 heteroatoms. The van der Waals surface area contributed by atoms with Gasteiger partial charge in [0.2, 0.25) is 6.43 Å². The maximum absolute atomic E-state index is 11.9. The Morgan fingerprint density at radius 3 is 2.22 bits per heavy atom. The van der Waals surface area contributed by atoms with E-state index < -0.39 is 11.8 Å². The van der Waals surface area contributed by atoms with E-state index in [1.165, 1.54) is 0 Å². The Labute approximate surface area is 52.3 Å². The summed E-state index contributed by atoms with van der Waals surface area (Å²) in [7, 11) is 0. The molecule has 0 saturated heterocycles. The highest BCUT2D eigenvalue weighted by Crippen LogP contribution is 2.53. The van der Waals surface area contributed by atoms with Crippen molar-refractivity contribution in [1.82, 2.24) is 0 Å². The SMILES string of the molecule is N#CCC1(C(F)F)CC1. The highest BCUT2D eigenvalue weighted by Gasteiger charge is 2.50. The molecule has 0 bridgehead atoms. The molecule has 1 fully saturated rings. The van der Waals surface area contributed by atoms with Gasteiger partial charge in [0.05, 0.1) is 6.07 Å². The molecule has 1 aliphatic rings. The Morgan fingerprint density at radius 2 is 2.11 bits per heavy atom. The van der Waals surface area contributed by atoms with Crippen LogP contribution in [0.2, 0.25) is 0 Å². The summed E-state index contributed by atoms with van der Waals surface area (Å²) in [5, 5.41) is 8.11. The van der Waals surface area contributed by atoms with Gasteiger partial charge in [-0.1, -0.05) is 0 Å². The number of alkyl halides is 2. The monoisotopic (exact) mass is 131 g/mol. The van der Waals surface area contributed by atoms with Crippen molar-refractivity contribution < 1.29 is 8.78 Å². The minimum Gasteiger partial charge on any atom is -0.210 e. The third-order valence-electron chi connectivity index (χ3n) is 1.79. The van der Waals surface area contributed by atoms with E-state index in [1.807, 2.05) is 0 Å². The highest BCUT2D eigenvalue weighted by atomic mass is 19.3. The maximum atomic E-state index is 11.9. The average molecular weight is 131 g/mol. The van der Waals surface area contributed by atoms with E-state index in [4.69, 9.17) is 5.26 Å². The average Bonchev–Trinajstić information content (AvgIpc) is 2.49. The summed E-state index contributed by atoms with van der Waals surface area (Å²) in [6.45, 7) is 0. The zero-order valence-corrected chi connectivity index (χ0v) is 4.90. The van der Waals surface area contributed by atoms with Gasteiger partial charge in [0, 0.05) is 11.8 Å². The van der Waals surface area contributed by atoms with E-state index >= 15 is 0 Å². The summed E-state index contributed by atoms with van der Waals surface area (Å²) in [5.74, 6) is 0. The second kappa shape index (κ2) is 1.94. The summed E-state index contributed by atoms with van der Waals surface area (Å²) in [6, 6.07) is 1.77. The molecule has 0 aromatic carbocycles. The van der Waals surface area contributed by atoms with Crippen molar-refractivity contribution in [1.29, 1.82) is 5.26 Å². The predicted molar refractivity (Wildman–Crippen MR) is 27.9 cm³/mol. The zero-order valence-electron chi connectivity index (χ0n) is 4.90. The van der Waals surface area contributed by atoms with E-state index in [0.29, 0.717) is 12.8 Å². The summed E-state index contributed by atoms with van der Waals surface area (Å²) >= 11 is 0. The lowest BCUT2D eigenvalue weighted by Gasteiger charge is -2.06. The van der Waals surface area contributed by atoms with Gasteiger partial charge >= 0.3 is 0 Å². The molecule has 0 aromatic heterocycles. The van der Waals surface area contributed by atoms with E-state index in [2.05, 4.69) is 0 Å².